The molecule has 0 unspecified atom stereocenters. The first-order valence-corrected chi connectivity index (χ1v) is 11.3. The predicted molar refractivity (Wildman–Crippen MR) is 134 cm³/mol. The third kappa shape index (κ3) is 6.36. The van der Waals surface area contributed by atoms with E-state index in [9.17, 15) is 9.59 Å². The Bertz CT molecular complexity index is 1140. The second-order valence-corrected chi connectivity index (χ2v) is 8.12. The number of nitrogens with zero attached hydrogens (tertiary/aromatic N) is 2. The minimum atomic E-state index is -0.405. The second kappa shape index (κ2) is 11.5. The lowest BCUT2D eigenvalue weighted by Crippen LogP contribution is -2.42. The van der Waals surface area contributed by atoms with Crippen LogP contribution in [0.1, 0.15) is 33.2 Å². The summed E-state index contributed by atoms with van der Waals surface area (Å²) in [4.78, 5) is 30.9. The molecule has 0 aliphatic rings. The molecule has 1 heterocycles. The number of amides is 1. The van der Waals surface area contributed by atoms with Crippen LogP contribution in [0.5, 0.6) is 5.75 Å². The Morgan fingerprint density at radius 2 is 1.91 bits per heavy atom. The van der Waals surface area contributed by atoms with Crippen LogP contribution in [0.15, 0.2) is 71.5 Å². The number of thiocarbonyl (C=S) groups is 1. The van der Waals surface area contributed by atoms with Crippen molar-refractivity contribution in [2.75, 3.05) is 18.6 Å². The molecule has 2 aromatic carbocycles. The number of benzene rings is 2. The summed E-state index contributed by atoms with van der Waals surface area (Å²) in [6.45, 7) is 2.41. The lowest BCUT2D eigenvalue weighted by molar-refractivity contribution is 0.0526. The second-order valence-electron chi connectivity index (χ2n) is 6.82. The lowest BCUT2D eigenvalue weighted by atomic mass is 10.1. The first-order chi connectivity index (χ1) is 15.9. The molecule has 0 saturated heterocycles. The Morgan fingerprint density at radius 1 is 1.15 bits per heavy atom. The Morgan fingerprint density at radius 3 is 2.55 bits per heavy atom. The number of methoxy groups -OCH3 is 1. The van der Waals surface area contributed by atoms with Crippen LogP contribution >= 0.6 is 28.1 Å². The predicted octanol–water partition coefficient (Wildman–Crippen LogP) is 4.75. The number of halogens is 1. The van der Waals surface area contributed by atoms with E-state index >= 15 is 0 Å². The Labute approximate surface area is 205 Å². The topological polar surface area (TPSA) is 80.8 Å². The van der Waals surface area contributed by atoms with Crippen molar-refractivity contribution in [2.45, 2.75) is 13.5 Å². The van der Waals surface area contributed by atoms with E-state index in [1.54, 1.807) is 66.7 Å². The molecule has 0 aliphatic carbocycles. The van der Waals surface area contributed by atoms with Gasteiger partial charge in [-0.1, -0.05) is 22.0 Å². The molecule has 1 aromatic heterocycles. The molecule has 0 radical (unpaired) electrons. The van der Waals surface area contributed by atoms with Crippen LogP contribution in [0.4, 0.5) is 5.69 Å². The maximum Gasteiger partial charge on any atom is 0.338 e. The molecule has 1 N–H and O–H groups in total. The minimum absolute atomic E-state index is 0.190. The summed E-state index contributed by atoms with van der Waals surface area (Å²) in [5.41, 5.74) is 2.35. The van der Waals surface area contributed by atoms with Crippen molar-refractivity contribution in [1.82, 2.24) is 10.3 Å². The number of aromatic nitrogens is 1. The van der Waals surface area contributed by atoms with E-state index in [0.29, 0.717) is 35.7 Å². The fraction of sp³-hybridized carbons (Fsp3) is 0.167. The number of carbonyl (C=O) groups is 2. The van der Waals surface area contributed by atoms with Crippen LogP contribution in [-0.4, -0.2) is 35.7 Å². The molecule has 1 amide bonds. The molecule has 0 fully saturated rings. The van der Waals surface area contributed by atoms with Gasteiger partial charge in [0.05, 0.1) is 31.4 Å². The molecule has 9 heteroatoms. The fourth-order valence-corrected chi connectivity index (χ4v) is 3.66. The number of anilines is 1. The first-order valence-electron chi connectivity index (χ1n) is 10.1. The van der Waals surface area contributed by atoms with Gasteiger partial charge in [0, 0.05) is 22.6 Å². The number of carbonyl (C=O) groups excluding carboxylic acids is 2. The maximum atomic E-state index is 13.0. The van der Waals surface area contributed by atoms with Crippen molar-refractivity contribution in [1.29, 1.82) is 0 Å². The average Bonchev–Trinajstić information content (AvgIpc) is 2.83. The van der Waals surface area contributed by atoms with Crippen LogP contribution in [0.25, 0.3) is 0 Å². The highest BCUT2D eigenvalue weighted by Crippen LogP contribution is 2.24. The smallest absolute Gasteiger partial charge is 0.338 e. The molecule has 7 nitrogen and oxygen atoms in total. The molecule has 3 aromatic rings. The van der Waals surface area contributed by atoms with Gasteiger partial charge in [-0.15, -0.1) is 0 Å². The average molecular weight is 528 g/mol. The highest BCUT2D eigenvalue weighted by molar-refractivity contribution is 9.10. The maximum absolute atomic E-state index is 13.0. The van der Waals surface area contributed by atoms with E-state index in [0.717, 1.165) is 10.0 Å². The number of esters is 1. The van der Waals surface area contributed by atoms with Gasteiger partial charge >= 0.3 is 5.97 Å². The Hall–Kier alpha value is -3.30. The number of pyridine rings is 1. The SMILES string of the molecule is CCOC(=O)c1ccc(N(Cc2cccnc2)C(=S)NC(=O)c2cc(Br)ccc2OC)cc1. The van der Waals surface area contributed by atoms with E-state index in [1.165, 1.54) is 7.11 Å². The zero-order valence-corrected chi connectivity index (χ0v) is 20.5. The summed E-state index contributed by atoms with van der Waals surface area (Å²) in [5.74, 6) is -0.380. The fourth-order valence-electron chi connectivity index (χ4n) is 3.04. The zero-order chi connectivity index (χ0) is 23.8. The summed E-state index contributed by atoms with van der Waals surface area (Å²) in [6, 6.07) is 15.7. The Kier molecular flexibility index (Phi) is 8.51. The van der Waals surface area contributed by atoms with Crippen molar-refractivity contribution in [3.63, 3.8) is 0 Å². The molecule has 170 valence electrons. The van der Waals surface area contributed by atoms with Gasteiger partial charge in [-0.05, 0) is 73.2 Å². The standard InChI is InChI=1S/C24H22BrN3O4S/c1-3-32-23(30)17-6-9-19(10-7-17)28(15-16-5-4-12-26-14-16)24(33)27-22(29)20-13-18(25)8-11-21(20)31-2/h4-14H,3,15H2,1-2H3,(H,27,29,33). The molecule has 0 saturated carbocycles. The van der Waals surface area contributed by atoms with E-state index < -0.39 is 11.9 Å². The summed E-state index contributed by atoms with van der Waals surface area (Å²) < 4.78 is 11.1. The van der Waals surface area contributed by atoms with Gasteiger partial charge in [0.1, 0.15) is 5.75 Å². The minimum Gasteiger partial charge on any atom is -0.496 e. The lowest BCUT2D eigenvalue weighted by Gasteiger charge is -2.26. The zero-order valence-electron chi connectivity index (χ0n) is 18.1. The Balaban J connectivity index is 1.88. The summed E-state index contributed by atoms with van der Waals surface area (Å²) in [7, 11) is 1.50. The third-order valence-corrected chi connectivity index (χ3v) is 5.44. The molecule has 3 rings (SSSR count). The van der Waals surface area contributed by atoms with Crippen molar-refractivity contribution in [2.24, 2.45) is 0 Å². The molecule has 0 bridgehead atoms. The molecule has 0 aliphatic heterocycles. The van der Waals surface area contributed by atoms with E-state index in [4.69, 9.17) is 21.7 Å². The van der Waals surface area contributed by atoms with Crippen LogP contribution in [0, 0.1) is 0 Å². The summed E-state index contributed by atoms with van der Waals surface area (Å²) in [6.07, 6.45) is 3.41. The van der Waals surface area contributed by atoms with Crippen molar-refractivity contribution in [3.8, 4) is 5.75 Å². The normalized spacial score (nSPS) is 10.3. The van der Waals surface area contributed by atoms with Gasteiger partial charge in [0.2, 0.25) is 0 Å². The monoisotopic (exact) mass is 527 g/mol. The van der Waals surface area contributed by atoms with Gasteiger partial charge in [0.25, 0.3) is 5.91 Å². The van der Waals surface area contributed by atoms with E-state index in [2.05, 4.69) is 26.2 Å². The van der Waals surface area contributed by atoms with E-state index in [1.807, 2.05) is 12.1 Å². The number of hydrogen-bond donors (Lipinski definition) is 1. The van der Waals surface area contributed by atoms with Gasteiger partial charge < -0.3 is 14.4 Å². The van der Waals surface area contributed by atoms with Crippen LogP contribution in [0.3, 0.4) is 0 Å². The van der Waals surface area contributed by atoms with Crippen LogP contribution < -0.4 is 15.0 Å². The molecular formula is C24H22BrN3O4S. The summed E-state index contributed by atoms with van der Waals surface area (Å²) >= 11 is 8.98. The highest BCUT2D eigenvalue weighted by Gasteiger charge is 2.20. The first kappa shape index (κ1) is 24.3. The number of hydrogen-bond acceptors (Lipinski definition) is 6. The van der Waals surface area contributed by atoms with Crippen molar-refractivity contribution < 1.29 is 19.1 Å². The molecule has 0 atom stereocenters. The largest absolute Gasteiger partial charge is 0.496 e. The third-order valence-electron chi connectivity index (χ3n) is 4.63. The number of rotatable bonds is 7. The number of ether oxygens (including phenoxy) is 2. The van der Waals surface area contributed by atoms with Gasteiger partial charge in [-0.3, -0.25) is 15.1 Å². The quantitative estimate of drug-likeness (QED) is 0.350. The highest BCUT2D eigenvalue weighted by atomic mass is 79.9. The summed E-state index contributed by atoms with van der Waals surface area (Å²) in [5, 5.41) is 2.97. The molecule has 0 spiro atoms. The van der Waals surface area contributed by atoms with Gasteiger partial charge in [-0.25, -0.2) is 4.79 Å². The molecular weight excluding hydrogens is 506 g/mol. The van der Waals surface area contributed by atoms with Gasteiger partial charge in [0.15, 0.2) is 5.11 Å². The van der Waals surface area contributed by atoms with Crippen molar-refractivity contribution in [3.05, 3.63) is 88.2 Å². The van der Waals surface area contributed by atoms with Crippen molar-refractivity contribution >= 4 is 50.8 Å². The van der Waals surface area contributed by atoms with Gasteiger partial charge in [-0.2, -0.15) is 0 Å². The van der Waals surface area contributed by atoms with E-state index in [-0.39, 0.29) is 5.11 Å². The molecule has 33 heavy (non-hydrogen) atoms. The van der Waals surface area contributed by atoms with Crippen LogP contribution in [0.2, 0.25) is 0 Å². The number of nitrogens with one attached hydrogen (secondary N) is 1. The van der Waals surface area contributed by atoms with Crippen LogP contribution in [-0.2, 0) is 11.3 Å².